The van der Waals surface area contributed by atoms with Crippen LogP contribution in [-0.2, 0) is 6.54 Å². The van der Waals surface area contributed by atoms with Crippen molar-refractivity contribution in [1.29, 1.82) is 0 Å². The van der Waals surface area contributed by atoms with Gasteiger partial charge in [0, 0.05) is 12.6 Å². The third kappa shape index (κ3) is 3.93. The molecule has 4 nitrogen and oxygen atoms in total. The van der Waals surface area contributed by atoms with Crippen LogP contribution in [0.25, 0.3) is 0 Å². The predicted molar refractivity (Wildman–Crippen MR) is 78.8 cm³/mol. The fourth-order valence-corrected chi connectivity index (χ4v) is 2.01. The van der Waals surface area contributed by atoms with Gasteiger partial charge in [0.2, 0.25) is 0 Å². The minimum absolute atomic E-state index is 0.432. The smallest absolute Gasteiger partial charge is 0.148 e. The first kappa shape index (κ1) is 14.9. The molecule has 0 radical (unpaired) electrons. The van der Waals surface area contributed by atoms with Crippen LogP contribution in [0.5, 0.6) is 0 Å². The zero-order chi connectivity index (χ0) is 13.7. The first-order chi connectivity index (χ1) is 8.45. The molecule has 0 saturated heterocycles. The molecule has 0 bridgehead atoms. The average Bonchev–Trinajstić information content (AvgIpc) is 2.55. The zero-order valence-electron chi connectivity index (χ0n) is 12.5. The second-order valence-electron chi connectivity index (χ2n) is 5.59. The summed E-state index contributed by atoms with van der Waals surface area (Å²) in [6.45, 7) is 11.8. The number of nitrogens with zero attached hydrogens (tertiary/aromatic N) is 2. The maximum Gasteiger partial charge on any atom is 0.148 e. The fourth-order valence-electron chi connectivity index (χ4n) is 2.01. The predicted octanol–water partition coefficient (Wildman–Crippen LogP) is 3.42. The number of aryl methyl sites for hydroxylation is 2. The summed E-state index contributed by atoms with van der Waals surface area (Å²) in [6.07, 6.45) is 3.46. The van der Waals surface area contributed by atoms with Crippen molar-refractivity contribution in [3.63, 3.8) is 0 Å². The molecule has 0 fully saturated rings. The minimum Gasteiger partial charge on any atom is -0.394 e. The number of nitrogens with two attached hydrogens (primary N) is 1. The van der Waals surface area contributed by atoms with Gasteiger partial charge in [-0.25, -0.2) is 4.68 Å². The zero-order valence-corrected chi connectivity index (χ0v) is 12.5. The number of hydrogen-bond donors (Lipinski definition) is 2. The molecule has 4 heteroatoms. The Bertz CT molecular complexity index is 368. The fraction of sp³-hybridized carbons (Fsp3) is 0.786. The number of nitrogens with one attached hydrogen (secondary N) is 1. The van der Waals surface area contributed by atoms with E-state index in [4.69, 9.17) is 5.73 Å². The van der Waals surface area contributed by atoms with Gasteiger partial charge in [-0.3, -0.25) is 0 Å². The van der Waals surface area contributed by atoms with Crippen molar-refractivity contribution in [2.24, 2.45) is 5.92 Å². The highest BCUT2D eigenvalue weighted by Crippen LogP contribution is 2.24. The summed E-state index contributed by atoms with van der Waals surface area (Å²) >= 11 is 0. The third-order valence-corrected chi connectivity index (χ3v) is 3.17. The van der Waals surface area contributed by atoms with Gasteiger partial charge in [0.15, 0.2) is 0 Å². The molecule has 1 atom stereocenters. The first-order valence-corrected chi connectivity index (χ1v) is 7.05. The van der Waals surface area contributed by atoms with E-state index in [1.807, 2.05) is 11.6 Å². The van der Waals surface area contributed by atoms with E-state index in [1.54, 1.807) is 0 Å². The third-order valence-electron chi connectivity index (χ3n) is 3.17. The maximum atomic E-state index is 6.09. The highest BCUT2D eigenvalue weighted by Gasteiger charge is 2.14. The molecule has 1 aromatic heterocycles. The molecule has 0 amide bonds. The monoisotopic (exact) mass is 252 g/mol. The van der Waals surface area contributed by atoms with Crippen molar-refractivity contribution in [2.75, 3.05) is 11.1 Å². The molecular weight excluding hydrogens is 224 g/mol. The van der Waals surface area contributed by atoms with Crippen LogP contribution in [0.15, 0.2) is 0 Å². The van der Waals surface area contributed by atoms with Gasteiger partial charge in [-0.05, 0) is 39.0 Å². The Balaban J connectivity index is 2.70. The Hall–Kier alpha value is -1.19. The summed E-state index contributed by atoms with van der Waals surface area (Å²) in [6, 6.07) is 0.432. The molecule has 104 valence electrons. The van der Waals surface area contributed by atoms with Crippen molar-refractivity contribution in [2.45, 2.75) is 66.5 Å². The van der Waals surface area contributed by atoms with Crippen molar-refractivity contribution >= 4 is 11.5 Å². The Labute approximate surface area is 111 Å². The Morgan fingerprint density at radius 3 is 2.50 bits per heavy atom. The van der Waals surface area contributed by atoms with Gasteiger partial charge >= 0.3 is 0 Å². The number of nitrogen functional groups attached to an aromatic ring is 1. The number of hydrogen-bond acceptors (Lipinski definition) is 3. The molecule has 1 unspecified atom stereocenters. The van der Waals surface area contributed by atoms with Crippen LogP contribution in [0.3, 0.4) is 0 Å². The molecule has 0 spiro atoms. The second kappa shape index (κ2) is 6.66. The number of anilines is 2. The maximum absolute atomic E-state index is 6.09. The molecule has 0 aliphatic rings. The Morgan fingerprint density at radius 2 is 1.94 bits per heavy atom. The quantitative estimate of drug-likeness (QED) is 0.781. The summed E-state index contributed by atoms with van der Waals surface area (Å²) in [5.41, 5.74) is 7.80. The molecule has 1 heterocycles. The van der Waals surface area contributed by atoms with Crippen molar-refractivity contribution < 1.29 is 0 Å². The van der Waals surface area contributed by atoms with Crippen LogP contribution < -0.4 is 11.1 Å². The molecule has 18 heavy (non-hydrogen) atoms. The van der Waals surface area contributed by atoms with Gasteiger partial charge in [0.05, 0.1) is 11.4 Å². The average molecular weight is 252 g/mol. The molecule has 0 saturated carbocycles. The van der Waals surface area contributed by atoms with Crippen LogP contribution in [0.4, 0.5) is 11.5 Å². The van der Waals surface area contributed by atoms with Gasteiger partial charge in [-0.2, -0.15) is 5.10 Å². The molecule has 0 aliphatic carbocycles. The summed E-state index contributed by atoms with van der Waals surface area (Å²) in [7, 11) is 0. The van der Waals surface area contributed by atoms with Gasteiger partial charge in [0.1, 0.15) is 5.82 Å². The van der Waals surface area contributed by atoms with Gasteiger partial charge in [-0.1, -0.05) is 20.8 Å². The lowest BCUT2D eigenvalue weighted by atomic mass is 10.0. The van der Waals surface area contributed by atoms with Crippen LogP contribution in [0, 0.1) is 12.8 Å². The standard InChI is InChI=1S/C14H28N4/c1-6-9-18-14(13(15)12(5)17-18)16-11(4)8-7-10(2)3/h10-11,16H,6-9,15H2,1-5H3. The molecule has 0 aromatic carbocycles. The molecule has 0 aliphatic heterocycles. The summed E-state index contributed by atoms with van der Waals surface area (Å²) < 4.78 is 2.00. The van der Waals surface area contributed by atoms with E-state index < -0.39 is 0 Å². The topological polar surface area (TPSA) is 55.9 Å². The molecule has 1 rings (SSSR count). The van der Waals surface area contributed by atoms with Crippen molar-refractivity contribution in [3.05, 3.63) is 5.69 Å². The first-order valence-electron chi connectivity index (χ1n) is 7.05. The van der Waals surface area contributed by atoms with Crippen molar-refractivity contribution in [1.82, 2.24) is 9.78 Å². The number of rotatable bonds is 7. The summed E-state index contributed by atoms with van der Waals surface area (Å²) in [4.78, 5) is 0. The van der Waals surface area contributed by atoms with Gasteiger partial charge in [-0.15, -0.1) is 0 Å². The second-order valence-corrected chi connectivity index (χ2v) is 5.59. The van der Waals surface area contributed by atoms with Crippen LogP contribution in [-0.4, -0.2) is 15.8 Å². The largest absolute Gasteiger partial charge is 0.394 e. The highest BCUT2D eigenvalue weighted by molar-refractivity contribution is 5.65. The normalized spacial score (nSPS) is 13.0. The van der Waals surface area contributed by atoms with Crippen LogP contribution in [0.2, 0.25) is 0 Å². The summed E-state index contributed by atoms with van der Waals surface area (Å²) in [5.74, 6) is 1.74. The minimum atomic E-state index is 0.432. The lowest BCUT2D eigenvalue weighted by Crippen LogP contribution is -2.19. The van der Waals surface area contributed by atoms with Gasteiger partial charge in [0.25, 0.3) is 0 Å². The Morgan fingerprint density at radius 1 is 1.28 bits per heavy atom. The molecule has 1 aromatic rings. The lowest BCUT2D eigenvalue weighted by molar-refractivity contribution is 0.522. The van der Waals surface area contributed by atoms with E-state index in [0.29, 0.717) is 6.04 Å². The van der Waals surface area contributed by atoms with Crippen LogP contribution in [0.1, 0.15) is 52.7 Å². The summed E-state index contributed by atoms with van der Waals surface area (Å²) in [5, 5.41) is 7.99. The lowest BCUT2D eigenvalue weighted by Gasteiger charge is -2.17. The van der Waals surface area contributed by atoms with E-state index in [2.05, 4.69) is 38.1 Å². The molecule has 3 N–H and O–H groups in total. The van der Waals surface area contributed by atoms with Gasteiger partial charge < -0.3 is 11.1 Å². The highest BCUT2D eigenvalue weighted by atomic mass is 15.3. The van der Waals surface area contributed by atoms with E-state index in [1.165, 1.54) is 6.42 Å². The molecular formula is C14H28N4. The van der Waals surface area contributed by atoms with Crippen molar-refractivity contribution in [3.8, 4) is 0 Å². The van der Waals surface area contributed by atoms with Crippen LogP contribution >= 0.6 is 0 Å². The number of aromatic nitrogens is 2. The van der Waals surface area contributed by atoms with E-state index in [9.17, 15) is 0 Å². The van der Waals surface area contributed by atoms with E-state index in [0.717, 1.165) is 42.5 Å². The Kier molecular flexibility index (Phi) is 5.51. The SMILES string of the molecule is CCCn1nc(C)c(N)c1NC(C)CCC(C)C. The van der Waals surface area contributed by atoms with E-state index in [-0.39, 0.29) is 0 Å². The van der Waals surface area contributed by atoms with E-state index >= 15 is 0 Å².